The summed E-state index contributed by atoms with van der Waals surface area (Å²) in [6, 6.07) is 9.21. The second kappa shape index (κ2) is 5.56. The molecule has 0 fully saturated rings. The Balaban J connectivity index is 2.34. The second-order valence-corrected chi connectivity index (χ2v) is 5.29. The van der Waals surface area contributed by atoms with Crippen LogP contribution in [0.3, 0.4) is 0 Å². The number of hydrogen-bond acceptors (Lipinski definition) is 2. The number of phenols is 1. The number of nitrogens with one attached hydrogen (secondary N) is 1. The lowest BCUT2D eigenvalue weighted by atomic mass is 10.1. The van der Waals surface area contributed by atoms with Gasteiger partial charge in [-0.1, -0.05) is 12.1 Å². The summed E-state index contributed by atoms with van der Waals surface area (Å²) in [6.45, 7) is 1.70. The van der Waals surface area contributed by atoms with Crippen LogP contribution in [0.5, 0.6) is 5.75 Å². The fourth-order valence-corrected chi connectivity index (χ4v) is 2.15. The van der Waals surface area contributed by atoms with Gasteiger partial charge in [0.15, 0.2) is 0 Å². The van der Waals surface area contributed by atoms with Gasteiger partial charge in [-0.2, -0.15) is 0 Å². The summed E-state index contributed by atoms with van der Waals surface area (Å²) in [5, 5.41) is 12.1. The molecular weight excluding hydrogens is 360 g/mol. The maximum Gasteiger partial charge on any atom is 0.259 e. The number of aromatic hydroxyl groups is 1. The first-order valence-electron chi connectivity index (χ1n) is 5.54. The van der Waals surface area contributed by atoms with Crippen molar-refractivity contribution in [1.29, 1.82) is 0 Å². The number of benzene rings is 2. The molecule has 0 aromatic heterocycles. The quantitative estimate of drug-likeness (QED) is 0.792. The summed E-state index contributed by atoms with van der Waals surface area (Å²) in [5.74, 6) is -1.17. The van der Waals surface area contributed by atoms with Gasteiger partial charge in [0, 0.05) is 3.57 Å². The van der Waals surface area contributed by atoms with Crippen molar-refractivity contribution in [2.24, 2.45) is 0 Å². The lowest BCUT2D eigenvalue weighted by Crippen LogP contribution is -2.14. The van der Waals surface area contributed by atoms with E-state index >= 15 is 0 Å². The van der Waals surface area contributed by atoms with E-state index in [-0.39, 0.29) is 17.0 Å². The molecule has 0 radical (unpaired) electrons. The zero-order chi connectivity index (χ0) is 14.0. The molecule has 0 aliphatic carbocycles. The Morgan fingerprint density at radius 3 is 2.74 bits per heavy atom. The number of amides is 1. The third-order valence-electron chi connectivity index (χ3n) is 2.66. The van der Waals surface area contributed by atoms with Gasteiger partial charge in [0.05, 0.1) is 11.3 Å². The Morgan fingerprint density at radius 2 is 2.05 bits per heavy atom. The largest absolute Gasteiger partial charge is 0.507 e. The molecule has 98 valence electrons. The van der Waals surface area contributed by atoms with Crippen LogP contribution < -0.4 is 5.32 Å². The Labute approximate surface area is 123 Å². The highest BCUT2D eigenvalue weighted by atomic mass is 127. The molecule has 2 aromatic rings. The topological polar surface area (TPSA) is 49.3 Å². The summed E-state index contributed by atoms with van der Waals surface area (Å²) >= 11 is 2.03. The second-order valence-electron chi connectivity index (χ2n) is 4.05. The highest BCUT2D eigenvalue weighted by molar-refractivity contribution is 14.1. The summed E-state index contributed by atoms with van der Waals surface area (Å²) in [7, 11) is 0. The molecule has 0 spiro atoms. The third kappa shape index (κ3) is 3.04. The molecule has 0 unspecified atom stereocenters. The first-order valence-corrected chi connectivity index (χ1v) is 6.62. The highest BCUT2D eigenvalue weighted by Crippen LogP contribution is 2.23. The van der Waals surface area contributed by atoms with Crippen molar-refractivity contribution in [3.8, 4) is 5.75 Å². The average Bonchev–Trinajstić information content (AvgIpc) is 2.37. The zero-order valence-corrected chi connectivity index (χ0v) is 12.2. The zero-order valence-electron chi connectivity index (χ0n) is 10.1. The van der Waals surface area contributed by atoms with Crippen LogP contribution >= 0.6 is 22.6 Å². The van der Waals surface area contributed by atoms with Gasteiger partial charge >= 0.3 is 0 Å². The van der Waals surface area contributed by atoms with E-state index in [1.165, 1.54) is 12.1 Å². The maximum absolute atomic E-state index is 13.6. The van der Waals surface area contributed by atoms with Gasteiger partial charge in [0.1, 0.15) is 11.6 Å². The lowest BCUT2D eigenvalue weighted by Gasteiger charge is -2.10. The summed E-state index contributed by atoms with van der Waals surface area (Å²) in [4.78, 5) is 12.1. The lowest BCUT2D eigenvalue weighted by molar-refractivity contribution is 0.102. The number of carbonyl (C=O) groups excluding carboxylic acids is 1. The first kappa shape index (κ1) is 13.8. The number of hydrogen-bond donors (Lipinski definition) is 2. The smallest absolute Gasteiger partial charge is 0.259 e. The van der Waals surface area contributed by atoms with Gasteiger partial charge in [-0.05, 0) is 59.3 Å². The molecule has 5 heteroatoms. The third-order valence-corrected chi connectivity index (χ3v) is 3.33. The van der Waals surface area contributed by atoms with Crippen LogP contribution in [0.2, 0.25) is 0 Å². The fraction of sp³-hybridized carbons (Fsp3) is 0.0714. The van der Waals surface area contributed by atoms with E-state index in [9.17, 15) is 14.3 Å². The van der Waals surface area contributed by atoms with Crippen molar-refractivity contribution in [2.45, 2.75) is 6.92 Å². The van der Waals surface area contributed by atoms with Crippen molar-refractivity contribution < 1.29 is 14.3 Å². The van der Waals surface area contributed by atoms with E-state index in [1.54, 1.807) is 31.2 Å². The van der Waals surface area contributed by atoms with Crippen LogP contribution in [0.15, 0.2) is 36.4 Å². The molecule has 0 aliphatic heterocycles. The molecule has 2 N–H and O–H groups in total. The number of carbonyl (C=O) groups is 1. The van der Waals surface area contributed by atoms with Crippen LogP contribution in [0.1, 0.15) is 15.9 Å². The van der Waals surface area contributed by atoms with Gasteiger partial charge in [-0.15, -0.1) is 0 Å². The monoisotopic (exact) mass is 371 g/mol. The van der Waals surface area contributed by atoms with Crippen LogP contribution in [-0.4, -0.2) is 11.0 Å². The van der Waals surface area contributed by atoms with Crippen molar-refractivity contribution in [3.63, 3.8) is 0 Å². The molecular formula is C14H11FINO2. The normalized spacial score (nSPS) is 10.3. The number of rotatable bonds is 2. The van der Waals surface area contributed by atoms with E-state index in [0.717, 1.165) is 3.57 Å². The Morgan fingerprint density at radius 1 is 1.32 bits per heavy atom. The van der Waals surface area contributed by atoms with Crippen molar-refractivity contribution in [3.05, 3.63) is 56.9 Å². The van der Waals surface area contributed by atoms with Gasteiger partial charge in [-0.25, -0.2) is 4.39 Å². The van der Waals surface area contributed by atoms with Gasteiger partial charge in [0.2, 0.25) is 0 Å². The van der Waals surface area contributed by atoms with Gasteiger partial charge in [0.25, 0.3) is 5.91 Å². The van der Waals surface area contributed by atoms with Crippen molar-refractivity contribution in [2.75, 3.05) is 5.32 Å². The molecule has 1 amide bonds. The molecule has 0 aliphatic rings. The summed E-state index contributed by atoms with van der Waals surface area (Å²) in [5.41, 5.74) is 0.874. The Hall–Kier alpha value is -1.63. The van der Waals surface area contributed by atoms with Crippen LogP contribution in [0, 0.1) is 16.3 Å². The van der Waals surface area contributed by atoms with E-state index in [0.29, 0.717) is 5.56 Å². The molecule has 0 bridgehead atoms. The minimum absolute atomic E-state index is 0.120. The molecule has 0 saturated heterocycles. The van der Waals surface area contributed by atoms with E-state index in [1.807, 2.05) is 22.6 Å². The number of aryl methyl sites for hydroxylation is 1. The van der Waals surface area contributed by atoms with Crippen molar-refractivity contribution in [1.82, 2.24) is 0 Å². The number of halogens is 2. The standard InChI is InChI=1S/C14H11FINO2/c1-8-3-2-4-11(15)13(8)17-14(19)10-7-9(16)5-6-12(10)18/h2-7,18H,1H3,(H,17,19). The van der Waals surface area contributed by atoms with Gasteiger partial charge in [-0.3, -0.25) is 4.79 Å². The molecule has 2 aromatic carbocycles. The SMILES string of the molecule is Cc1cccc(F)c1NC(=O)c1cc(I)ccc1O. The molecule has 0 atom stereocenters. The Kier molecular flexibility index (Phi) is 4.04. The van der Waals surface area contributed by atoms with Gasteiger partial charge < -0.3 is 10.4 Å². The summed E-state index contributed by atoms with van der Waals surface area (Å²) in [6.07, 6.45) is 0. The molecule has 2 rings (SSSR count). The predicted octanol–water partition coefficient (Wildman–Crippen LogP) is 3.70. The minimum atomic E-state index is -0.538. The van der Waals surface area contributed by atoms with Crippen LogP contribution in [0.25, 0.3) is 0 Å². The van der Waals surface area contributed by atoms with E-state index in [4.69, 9.17) is 0 Å². The van der Waals surface area contributed by atoms with Crippen LogP contribution in [0.4, 0.5) is 10.1 Å². The maximum atomic E-state index is 13.6. The Bertz CT molecular complexity index is 623. The molecule has 0 heterocycles. The van der Waals surface area contributed by atoms with Crippen molar-refractivity contribution >= 4 is 34.2 Å². The fourth-order valence-electron chi connectivity index (χ4n) is 1.66. The van der Waals surface area contributed by atoms with E-state index in [2.05, 4.69) is 5.32 Å². The minimum Gasteiger partial charge on any atom is -0.507 e. The molecule has 3 nitrogen and oxygen atoms in total. The summed E-state index contributed by atoms with van der Waals surface area (Å²) < 4.78 is 14.4. The first-order chi connectivity index (χ1) is 8.99. The number of anilines is 1. The van der Waals surface area contributed by atoms with Crippen LogP contribution in [-0.2, 0) is 0 Å². The highest BCUT2D eigenvalue weighted by Gasteiger charge is 2.14. The predicted molar refractivity (Wildman–Crippen MR) is 79.9 cm³/mol. The van der Waals surface area contributed by atoms with E-state index < -0.39 is 11.7 Å². The number of phenolic OH excluding ortho intramolecular Hbond substituents is 1. The molecule has 19 heavy (non-hydrogen) atoms. The average molecular weight is 371 g/mol. The number of para-hydroxylation sites is 1. The molecule has 0 saturated carbocycles.